The van der Waals surface area contributed by atoms with Crippen LogP contribution in [0.2, 0.25) is 5.15 Å². The first-order valence-electron chi connectivity index (χ1n) is 15.2. The van der Waals surface area contributed by atoms with E-state index in [9.17, 15) is 9.59 Å². The zero-order valence-corrected chi connectivity index (χ0v) is 26.3. The van der Waals surface area contributed by atoms with Gasteiger partial charge in [-0.2, -0.15) is 0 Å². The highest BCUT2D eigenvalue weighted by atomic mass is 35.5. The van der Waals surface area contributed by atoms with Crippen LogP contribution >= 0.6 is 11.6 Å². The van der Waals surface area contributed by atoms with Crippen molar-refractivity contribution in [3.05, 3.63) is 47.3 Å². The quantitative estimate of drug-likeness (QED) is 0.389. The molecule has 43 heavy (non-hydrogen) atoms. The van der Waals surface area contributed by atoms with Crippen LogP contribution in [0.15, 0.2) is 30.6 Å². The lowest BCUT2D eigenvalue weighted by atomic mass is 10.2. The Kier molecular flexibility index (Phi) is 12.3. The maximum atomic E-state index is 13.0. The average molecular weight is 614 g/mol. The van der Waals surface area contributed by atoms with E-state index in [0.717, 1.165) is 74.6 Å². The molecule has 4 rings (SSSR count). The topological polar surface area (TPSA) is 118 Å². The predicted molar refractivity (Wildman–Crippen MR) is 166 cm³/mol. The third-order valence-corrected chi connectivity index (χ3v) is 7.86. The number of methoxy groups -OCH3 is 1. The fourth-order valence-electron chi connectivity index (χ4n) is 5.18. The summed E-state index contributed by atoms with van der Waals surface area (Å²) in [4.78, 5) is 41.2. The lowest BCUT2D eigenvalue weighted by Gasteiger charge is -2.25. The SMILES string of the molecule is CCCCc1nc(Cl)c(CN2CCCCN(C(=O)CNC(C)=O)CCCOc3cc(ccc3OC)-c3nccn3CC2)[nH]1. The Morgan fingerprint density at radius 2 is 1.95 bits per heavy atom. The highest BCUT2D eigenvalue weighted by Crippen LogP contribution is 2.32. The van der Waals surface area contributed by atoms with Gasteiger partial charge in [-0.25, -0.2) is 9.97 Å². The Labute approximate surface area is 258 Å². The molecule has 12 heteroatoms. The van der Waals surface area contributed by atoms with Gasteiger partial charge in [0.15, 0.2) is 16.7 Å². The summed E-state index contributed by atoms with van der Waals surface area (Å²) in [5.41, 5.74) is 1.86. The lowest BCUT2D eigenvalue weighted by Crippen LogP contribution is -2.41. The van der Waals surface area contributed by atoms with Crippen LogP contribution in [-0.2, 0) is 29.1 Å². The molecule has 3 heterocycles. The van der Waals surface area contributed by atoms with E-state index in [4.69, 9.17) is 21.1 Å². The van der Waals surface area contributed by atoms with Crippen molar-refractivity contribution >= 4 is 23.4 Å². The monoisotopic (exact) mass is 613 g/mol. The first-order chi connectivity index (χ1) is 20.9. The summed E-state index contributed by atoms with van der Waals surface area (Å²) in [6, 6.07) is 5.83. The number of hydrogen-bond acceptors (Lipinski definition) is 7. The van der Waals surface area contributed by atoms with Gasteiger partial charge in [0.1, 0.15) is 11.6 Å². The summed E-state index contributed by atoms with van der Waals surface area (Å²) >= 11 is 6.56. The minimum atomic E-state index is -0.222. The van der Waals surface area contributed by atoms with Crippen molar-refractivity contribution < 1.29 is 19.1 Å². The third-order valence-electron chi connectivity index (χ3n) is 7.54. The number of benzene rings is 1. The molecule has 11 nitrogen and oxygen atoms in total. The summed E-state index contributed by atoms with van der Waals surface area (Å²) in [5, 5.41) is 3.16. The van der Waals surface area contributed by atoms with Gasteiger partial charge in [-0.3, -0.25) is 14.5 Å². The molecule has 0 aliphatic carbocycles. The number of carbonyl (C=O) groups is 2. The molecule has 0 atom stereocenters. The summed E-state index contributed by atoms with van der Waals surface area (Å²) < 4.78 is 13.8. The third kappa shape index (κ3) is 9.46. The number of H-pyrrole nitrogens is 1. The molecule has 1 aromatic carbocycles. The first-order valence-corrected chi connectivity index (χ1v) is 15.6. The average Bonchev–Trinajstić information content (AvgIpc) is 3.61. The number of amides is 2. The van der Waals surface area contributed by atoms with Gasteiger partial charge in [0.25, 0.3) is 0 Å². The van der Waals surface area contributed by atoms with Crippen LogP contribution in [-0.4, -0.2) is 87.6 Å². The van der Waals surface area contributed by atoms with Crippen molar-refractivity contribution in [3.63, 3.8) is 0 Å². The molecule has 0 saturated heterocycles. The maximum absolute atomic E-state index is 13.0. The summed E-state index contributed by atoms with van der Waals surface area (Å²) in [6.45, 7) is 8.08. The number of rotatable bonds is 8. The van der Waals surface area contributed by atoms with Gasteiger partial charge in [-0.15, -0.1) is 0 Å². The molecule has 0 unspecified atom stereocenters. The van der Waals surface area contributed by atoms with Crippen LogP contribution in [0.25, 0.3) is 11.4 Å². The van der Waals surface area contributed by atoms with Crippen molar-refractivity contribution in [2.75, 3.05) is 46.4 Å². The molecule has 1 aliphatic rings. The second-order valence-corrected chi connectivity index (χ2v) is 11.2. The van der Waals surface area contributed by atoms with Crippen LogP contribution in [0.3, 0.4) is 0 Å². The highest BCUT2D eigenvalue weighted by molar-refractivity contribution is 6.30. The molecule has 0 radical (unpaired) electrons. The number of hydrogen-bond donors (Lipinski definition) is 2. The van der Waals surface area contributed by atoms with E-state index in [1.807, 2.05) is 35.5 Å². The number of unbranched alkanes of at least 4 members (excludes halogenated alkanes) is 1. The minimum absolute atomic E-state index is 0.0116. The predicted octanol–water partition coefficient (Wildman–Crippen LogP) is 4.31. The molecule has 234 valence electrons. The van der Waals surface area contributed by atoms with Crippen LogP contribution < -0.4 is 14.8 Å². The van der Waals surface area contributed by atoms with Crippen molar-refractivity contribution in [1.29, 1.82) is 0 Å². The zero-order valence-electron chi connectivity index (χ0n) is 25.5. The lowest BCUT2D eigenvalue weighted by molar-refractivity contribution is -0.132. The van der Waals surface area contributed by atoms with E-state index in [2.05, 4.69) is 36.7 Å². The molecule has 0 fully saturated rings. The van der Waals surface area contributed by atoms with Gasteiger partial charge in [0, 0.05) is 64.0 Å². The molecular weight excluding hydrogens is 570 g/mol. The number of fused-ring (bicyclic) bond motifs is 4. The normalized spacial score (nSPS) is 15.3. The second-order valence-electron chi connectivity index (χ2n) is 10.8. The van der Waals surface area contributed by atoms with Gasteiger partial charge in [0.05, 0.1) is 26.0 Å². The molecule has 2 bridgehead atoms. The second kappa shape index (κ2) is 16.3. The van der Waals surface area contributed by atoms with E-state index in [-0.39, 0.29) is 18.4 Å². The van der Waals surface area contributed by atoms with Gasteiger partial charge >= 0.3 is 0 Å². The summed E-state index contributed by atoms with van der Waals surface area (Å²) in [7, 11) is 1.62. The van der Waals surface area contributed by atoms with Crippen molar-refractivity contribution in [3.8, 4) is 22.9 Å². The van der Waals surface area contributed by atoms with Crippen LogP contribution in [0.4, 0.5) is 0 Å². The number of imidazole rings is 2. The molecule has 0 saturated carbocycles. The molecule has 2 aromatic heterocycles. The molecule has 2 amide bonds. The number of ether oxygens (including phenoxy) is 2. The van der Waals surface area contributed by atoms with E-state index in [1.54, 1.807) is 7.11 Å². The number of aromatic nitrogens is 4. The molecule has 3 aromatic rings. The fourth-order valence-corrected chi connectivity index (χ4v) is 5.39. The highest BCUT2D eigenvalue weighted by Gasteiger charge is 2.18. The number of nitrogens with one attached hydrogen (secondary N) is 2. The standard InChI is InChI=1S/C31H44ClN7O4/c1-4-5-9-28-35-25(30(32)36-28)22-37-13-6-7-14-38(29(41)21-34-23(2)40)15-8-19-43-27-20-24(10-11-26(27)42-3)31-33-12-16-39(31)18-17-37/h10-12,16,20H,4-9,13-15,17-19,21-22H2,1-3H3,(H,34,40)(H,35,36). The van der Waals surface area contributed by atoms with E-state index in [1.165, 1.54) is 6.92 Å². The van der Waals surface area contributed by atoms with E-state index >= 15 is 0 Å². The number of aryl methyl sites for hydroxylation is 1. The number of carbonyl (C=O) groups excluding carboxylic acids is 2. The maximum Gasteiger partial charge on any atom is 0.241 e. The first kappa shape index (κ1) is 32.3. The van der Waals surface area contributed by atoms with Crippen molar-refractivity contribution in [2.45, 2.75) is 65.5 Å². The summed E-state index contributed by atoms with van der Waals surface area (Å²) in [5.74, 6) is 2.73. The van der Waals surface area contributed by atoms with Gasteiger partial charge in [0.2, 0.25) is 11.8 Å². The van der Waals surface area contributed by atoms with Gasteiger partial charge in [-0.05, 0) is 50.4 Å². The van der Waals surface area contributed by atoms with Gasteiger partial charge < -0.3 is 29.2 Å². The molecule has 1 aliphatic heterocycles. The largest absolute Gasteiger partial charge is 0.493 e. The van der Waals surface area contributed by atoms with Crippen molar-refractivity contribution in [1.82, 2.24) is 34.6 Å². The summed E-state index contributed by atoms with van der Waals surface area (Å²) in [6.07, 6.45) is 9.21. The van der Waals surface area contributed by atoms with Crippen molar-refractivity contribution in [2.24, 2.45) is 0 Å². The fraction of sp³-hybridized carbons (Fsp3) is 0.548. The number of aromatic amines is 1. The Morgan fingerprint density at radius 3 is 2.74 bits per heavy atom. The van der Waals surface area contributed by atoms with Crippen LogP contribution in [0, 0.1) is 0 Å². The number of nitrogens with zero attached hydrogens (tertiary/aromatic N) is 5. The molecular formula is C31H44ClN7O4. The van der Waals surface area contributed by atoms with E-state index < -0.39 is 0 Å². The molecule has 2 N–H and O–H groups in total. The Hall–Kier alpha value is -3.57. The Bertz CT molecular complexity index is 1340. The smallest absolute Gasteiger partial charge is 0.241 e. The number of halogens is 1. The Morgan fingerprint density at radius 1 is 1.14 bits per heavy atom. The van der Waals surface area contributed by atoms with Crippen LogP contribution in [0.5, 0.6) is 11.5 Å². The van der Waals surface area contributed by atoms with Gasteiger partial charge in [-0.1, -0.05) is 24.9 Å². The van der Waals surface area contributed by atoms with Crippen LogP contribution in [0.1, 0.15) is 57.5 Å². The Balaban J connectivity index is 1.56. The van der Waals surface area contributed by atoms with E-state index in [0.29, 0.717) is 49.3 Å². The minimum Gasteiger partial charge on any atom is -0.493 e. The molecule has 0 spiro atoms. The zero-order chi connectivity index (χ0) is 30.6.